The molecule has 0 atom stereocenters. The Kier molecular flexibility index (Phi) is 2.21. The zero-order chi connectivity index (χ0) is 11.1. The van der Waals surface area contributed by atoms with E-state index in [1.807, 2.05) is 0 Å². The summed E-state index contributed by atoms with van der Waals surface area (Å²) in [5.41, 5.74) is 0.615. The highest BCUT2D eigenvalue weighted by Gasteiger charge is 2.25. The Balaban J connectivity index is 2.70. The maximum atomic E-state index is 11.4. The van der Waals surface area contributed by atoms with E-state index < -0.39 is 10.1 Å². The number of hydrogen-bond acceptors (Lipinski definition) is 3. The van der Waals surface area contributed by atoms with Crippen molar-refractivity contribution < 1.29 is 17.8 Å². The minimum atomic E-state index is -4.25. The van der Waals surface area contributed by atoms with E-state index in [1.165, 1.54) is 12.1 Å². The van der Waals surface area contributed by atoms with Gasteiger partial charge in [-0.25, -0.2) is 0 Å². The summed E-state index contributed by atoms with van der Waals surface area (Å²) in [6, 6.07) is 6.34. The lowest BCUT2D eigenvalue weighted by molar-refractivity contribution is 0.0994. The molecule has 0 radical (unpaired) electrons. The third-order valence-electron chi connectivity index (χ3n) is 2.24. The first kappa shape index (κ1) is 10.1. The van der Waals surface area contributed by atoms with Crippen molar-refractivity contribution in [1.82, 2.24) is 0 Å². The van der Waals surface area contributed by atoms with Gasteiger partial charge in [-0.05, 0) is 0 Å². The Morgan fingerprint density at radius 1 is 1.13 bits per heavy atom. The highest BCUT2D eigenvalue weighted by Crippen LogP contribution is 2.29. The summed E-state index contributed by atoms with van der Waals surface area (Å²) in [7, 11) is -4.25. The van der Waals surface area contributed by atoms with Crippen LogP contribution in [0.1, 0.15) is 22.3 Å². The van der Waals surface area contributed by atoms with E-state index >= 15 is 0 Å². The quantitative estimate of drug-likeness (QED) is 0.734. The van der Waals surface area contributed by atoms with Gasteiger partial charge in [0.2, 0.25) is 0 Å². The summed E-state index contributed by atoms with van der Waals surface area (Å²) >= 11 is 0. The van der Waals surface area contributed by atoms with Gasteiger partial charge in [0.15, 0.2) is 5.78 Å². The molecule has 1 aromatic rings. The number of Topliss-reactive ketones (excluding diaryl/α,β-unsaturated/α-hetero) is 1. The van der Waals surface area contributed by atoms with Crippen molar-refractivity contribution in [1.29, 1.82) is 0 Å². The Morgan fingerprint density at radius 3 is 2.33 bits per heavy atom. The number of ketones is 1. The number of carbonyl (C=O) groups is 1. The van der Waals surface area contributed by atoms with E-state index in [0.717, 1.165) is 0 Å². The van der Waals surface area contributed by atoms with Crippen LogP contribution in [0.15, 0.2) is 30.3 Å². The highest BCUT2D eigenvalue weighted by atomic mass is 32.2. The standard InChI is InChI=1S/C10H8O4S/c11-9-5-6-10(15(12,13)14)8-4-2-1-3-7(8)9/h1-4,6H,5H2,(H,12,13,14). The van der Waals surface area contributed by atoms with Crippen molar-refractivity contribution in [2.45, 2.75) is 6.42 Å². The smallest absolute Gasteiger partial charge is 0.294 e. The summed E-state index contributed by atoms with van der Waals surface area (Å²) in [5.74, 6) is -0.141. The SMILES string of the molecule is O=C1CC=C(S(=O)(=O)O)c2ccccc21. The van der Waals surface area contributed by atoms with Gasteiger partial charge >= 0.3 is 0 Å². The lowest BCUT2D eigenvalue weighted by atomic mass is 9.96. The fourth-order valence-electron chi connectivity index (χ4n) is 1.59. The summed E-state index contributed by atoms with van der Waals surface area (Å²) in [6.45, 7) is 0. The van der Waals surface area contributed by atoms with Gasteiger partial charge in [-0.2, -0.15) is 8.42 Å². The first-order chi connectivity index (χ1) is 7.00. The second kappa shape index (κ2) is 3.29. The molecule has 0 amide bonds. The molecule has 5 heteroatoms. The molecule has 1 aliphatic carbocycles. The molecule has 0 bridgehead atoms. The van der Waals surface area contributed by atoms with Gasteiger partial charge in [-0.3, -0.25) is 9.35 Å². The number of hydrogen-bond donors (Lipinski definition) is 1. The Bertz CT molecular complexity index is 555. The van der Waals surface area contributed by atoms with Crippen LogP contribution < -0.4 is 0 Å². The van der Waals surface area contributed by atoms with Gasteiger partial charge in [0.25, 0.3) is 10.1 Å². The van der Waals surface area contributed by atoms with E-state index in [-0.39, 0.29) is 22.7 Å². The highest BCUT2D eigenvalue weighted by molar-refractivity contribution is 7.95. The molecule has 2 rings (SSSR count). The molecule has 1 N–H and O–H groups in total. The van der Waals surface area contributed by atoms with Crippen LogP contribution in [0, 0.1) is 0 Å². The first-order valence-electron chi connectivity index (χ1n) is 4.30. The molecule has 0 saturated heterocycles. The normalized spacial score (nSPS) is 15.8. The van der Waals surface area contributed by atoms with E-state index in [1.54, 1.807) is 18.2 Å². The zero-order valence-corrected chi connectivity index (χ0v) is 8.49. The van der Waals surface area contributed by atoms with Crippen molar-refractivity contribution in [3.05, 3.63) is 41.5 Å². The Labute approximate surface area is 87.0 Å². The van der Waals surface area contributed by atoms with Crippen LogP contribution >= 0.6 is 0 Å². The van der Waals surface area contributed by atoms with E-state index in [4.69, 9.17) is 4.55 Å². The topological polar surface area (TPSA) is 71.4 Å². The summed E-state index contributed by atoms with van der Waals surface area (Å²) in [6.07, 6.45) is 1.24. The average molecular weight is 224 g/mol. The Morgan fingerprint density at radius 2 is 1.73 bits per heavy atom. The Hall–Kier alpha value is -1.46. The molecule has 0 unspecified atom stereocenters. The van der Waals surface area contributed by atoms with E-state index in [2.05, 4.69) is 0 Å². The van der Waals surface area contributed by atoms with Gasteiger partial charge < -0.3 is 0 Å². The minimum Gasteiger partial charge on any atom is -0.294 e. The fraction of sp³-hybridized carbons (Fsp3) is 0.100. The second-order valence-electron chi connectivity index (χ2n) is 3.22. The van der Waals surface area contributed by atoms with Crippen LogP contribution in [0.2, 0.25) is 0 Å². The first-order valence-corrected chi connectivity index (χ1v) is 5.74. The molecule has 0 heterocycles. The van der Waals surface area contributed by atoms with Crippen LogP contribution in [0.4, 0.5) is 0 Å². The molecule has 0 fully saturated rings. The zero-order valence-electron chi connectivity index (χ0n) is 7.67. The summed E-state index contributed by atoms with van der Waals surface area (Å²) < 4.78 is 31.0. The molecule has 0 aliphatic heterocycles. The number of carbonyl (C=O) groups excluding carboxylic acids is 1. The third kappa shape index (κ3) is 1.71. The van der Waals surface area contributed by atoms with Crippen molar-refractivity contribution in [3.63, 3.8) is 0 Å². The molecule has 0 saturated carbocycles. The fourth-order valence-corrected chi connectivity index (χ4v) is 2.34. The van der Waals surface area contributed by atoms with Crippen molar-refractivity contribution in [2.24, 2.45) is 0 Å². The molecule has 0 aromatic heterocycles. The molecule has 1 aliphatic rings. The van der Waals surface area contributed by atoms with Crippen molar-refractivity contribution in [3.8, 4) is 0 Å². The molecule has 78 valence electrons. The van der Waals surface area contributed by atoms with Crippen LogP contribution in [0.25, 0.3) is 4.91 Å². The van der Waals surface area contributed by atoms with Crippen molar-refractivity contribution >= 4 is 20.8 Å². The summed E-state index contributed by atoms with van der Waals surface area (Å²) in [4.78, 5) is 11.3. The van der Waals surface area contributed by atoms with Crippen LogP contribution in [0.5, 0.6) is 0 Å². The summed E-state index contributed by atoms with van der Waals surface area (Å²) in [5, 5.41) is 0. The van der Waals surface area contributed by atoms with Crippen LogP contribution in [0.3, 0.4) is 0 Å². The van der Waals surface area contributed by atoms with Crippen molar-refractivity contribution in [2.75, 3.05) is 0 Å². The van der Waals surface area contributed by atoms with E-state index in [0.29, 0.717) is 5.56 Å². The second-order valence-corrected chi connectivity index (χ2v) is 4.61. The van der Waals surface area contributed by atoms with Gasteiger partial charge in [0.05, 0.1) is 4.91 Å². The maximum Gasteiger partial charge on any atom is 0.294 e. The number of rotatable bonds is 1. The number of fused-ring (bicyclic) bond motifs is 1. The third-order valence-corrected chi connectivity index (χ3v) is 3.19. The molecule has 1 aromatic carbocycles. The monoisotopic (exact) mass is 224 g/mol. The van der Waals surface area contributed by atoms with Crippen LogP contribution in [-0.2, 0) is 10.1 Å². The lowest BCUT2D eigenvalue weighted by Crippen LogP contribution is -2.12. The lowest BCUT2D eigenvalue weighted by Gasteiger charge is -2.13. The molecular weight excluding hydrogens is 216 g/mol. The maximum absolute atomic E-state index is 11.4. The average Bonchev–Trinajstić information content (AvgIpc) is 2.17. The molecular formula is C10H8O4S. The minimum absolute atomic E-state index is 0.00609. The number of benzene rings is 1. The van der Waals surface area contributed by atoms with Gasteiger partial charge in [0, 0.05) is 17.5 Å². The molecule has 4 nitrogen and oxygen atoms in total. The van der Waals surface area contributed by atoms with Gasteiger partial charge in [0.1, 0.15) is 0 Å². The predicted molar refractivity (Wildman–Crippen MR) is 54.9 cm³/mol. The predicted octanol–water partition coefficient (Wildman–Crippen LogP) is 1.50. The van der Waals surface area contributed by atoms with Gasteiger partial charge in [-0.1, -0.05) is 30.3 Å². The largest absolute Gasteiger partial charge is 0.294 e. The molecule has 15 heavy (non-hydrogen) atoms. The van der Waals surface area contributed by atoms with Gasteiger partial charge in [-0.15, -0.1) is 0 Å². The van der Waals surface area contributed by atoms with Crippen LogP contribution in [-0.4, -0.2) is 18.8 Å². The molecule has 0 spiro atoms. The number of allylic oxidation sites excluding steroid dienone is 1. The van der Waals surface area contributed by atoms with E-state index in [9.17, 15) is 13.2 Å².